The van der Waals surface area contributed by atoms with Crippen molar-refractivity contribution in [1.29, 1.82) is 0 Å². The van der Waals surface area contributed by atoms with Crippen LogP contribution >= 0.6 is 23.2 Å². The molecule has 0 bridgehead atoms. The molecule has 5 heteroatoms. The first-order valence-electron chi connectivity index (χ1n) is 11.4. The minimum atomic E-state index is -0.493. The molecular formula is C28H29Cl2N3. The summed E-state index contributed by atoms with van der Waals surface area (Å²) in [6.45, 7) is 2.85. The van der Waals surface area contributed by atoms with Gasteiger partial charge in [-0.1, -0.05) is 97.2 Å². The Morgan fingerprint density at radius 2 is 1.73 bits per heavy atom. The number of benzene rings is 3. The van der Waals surface area contributed by atoms with Gasteiger partial charge in [0.15, 0.2) is 0 Å². The van der Waals surface area contributed by atoms with Crippen molar-refractivity contribution in [1.82, 2.24) is 14.9 Å². The summed E-state index contributed by atoms with van der Waals surface area (Å²) in [5.41, 5.74) is 4.38. The van der Waals surface area contributed by atoms with Crippen LogP contribution in [-0.2, 0) is 25.0 Å². The molecule has 3 nitrogen and oxygen atoms in total. The van der Waals surface area contributed by atoms with E-state index in [-0.39, 0.29) is 0 Å². The molecule has 0 radical (unpaired) electrons. The summed E-state index contributed by atoms with van der Waals surface area (Å²) in [6, 6.07) is 25.2. The summed E-state index contributed by atoms with van der Waals surface area (Å²) >= 11 is 12.9. The van der Waals surface area contributed by atoms with Crippen molar-refractivity contribution in [2.24, 2.45) is 0 Å². The predicted octanol–water partition coefficient (Wildman–Crippen LogP) is 7.27. The molecule has 0 aliphatic rings. The largest absolute Gasteiger partial charge is 0.324 e. The van der Waals surface area contributed by atoms with Gasteiger partial charge in [-0.3, -0.25) is 5.32 Å². The second-order valence-electron chi connectivity index (χ2n) is 8.36. The van der Waals surface area contributed by atoms with Gasteiger partial charge < -0.3 is 4.57 Å². The van der Waals surface area contributed by atoms with Crippen LogP contribution in [0.4, 0.5) is 0 Å². The Balaban J connectivity index is 1.89. The van der Waals surface area contributed by atoms with Gasteiger partial charge in [-0.2, -0.15) is 0 Å². The molecule has 1 aromatic heterocycles. The summed E-state index contributed by atoms with van der Waals surface area (Å²) in [5.74, 6) is 0. The highest BCUT2D eigenvalue weighted by Gasteiger charge is 2.36. The van der Waals surface area contributed by atoms with Gasteiger partial charge in [0.2, 0.25) is 0 Å². The van der Waals surface area contributed by atoms with Crippen molar-refractivity contribution >= 4 is 23.2 Å². The van der Waals surface area contributed by atoms with Gasteiger partial charge in [0, 0.05) is 28.9 Å². The Morgan fingerprint density at radius 3 is 2.45 bits per heavy atom. The number of hydrogen-bond acceptors (Lipinski definition) is 2. The lowest BCUT2D eigenvalue weighted by Crippen LogP contribution is -2.46. The van der Waals surface area contributed by atoms with E-state index in [4.69, 9.17) is 23.2 Å². The Hall–Kier alpha value is -2.59. The zero-order chi connectivity index (χ0) is 23.1. The number of rotatable bonds is 10. The van der Waals surface area contributed by atoms with Crippen molar-refractivity contribution in [2.45, 2.75) is 44.8 Å². The average molecular weight is 478 g/mol. The minimum absolute atomic E-state index is 0.493. The smallest absolute Gasteiger partial charge is 0.0956 e. The van der Waals surface area contributed by atoms with E-state index in [0.29, 0.717) is 23.1 Å². The van der Waals surface area contributed by atoms with Crippen LogP contribution < -0.4 is 5.32 Å². The number of aromatic nitrogens is 2. The van der Waals surface area contributed by atoms with Gasteiger partial charge >= 0.3 is 0 Å². The topological polar surface area (TPSA) is 29.9 Å². The Morgan fingerprint density at radius 1 is 0.939 bits per heavy atom. The summed E-state index contributed by atoms with van der Waals surface area (Å²) in [7, 11) is 0. The number of imidazole rings is 1. The molecular weight excluding hydrogens is 449 g/mol. The maximum absolute atomic E-state index is 6.71. The summed E-state index contributed by atoms with van der Waals surface area (Å²) < 4.78 is 2.05. The van der Waals surface area contributed by atoms with E-state index in [1.807, 2.05) is 30.7 Å². The first-order valence-corrected chi connectivity index (χ1v) is 12.2. The third-order valence-electron chi connectivity index (χ3n) is 6.14. The molecule has 0 aliphatic carbocycles. The van der Waals surface area contributed by atoms with Crippen molar-refractivity contribution in [2.75, 3.05) is 0 Å². The zero-order valence-electron chi connectivity index (χ0n) is 18.8. The summed E-state index contributed by atoms with van der Waals surface area (Å²) in [6.07, 6.45) is 9.62. The maximum Gasteiger partial charge on any atom is 0.0956 e. The number of hydrogen-bond donors (Lipinski definition) is 1. The molecule has 1 unspecified atom stereocenters. The van der Waals surface area contributed by atoms with Crippen LogP contribution in [0.5, 0.6) is 0 Å². The molecule has 170 valence electrons. The average Bonchev–Trinajstić information content (AvgIpc) is 3.37. The number of halogens is 2. The van der Waals surface area contributed by atoms with E-state index in [1.165, 1.54) is 16.7 Å². The van der Waals surface area contributed by atoms with Gasteiger partial charge in [-0.25, -0.2) is 4.98 Å². The minimum Gasteiger partial charge on any atom is -0.324 e. The normalized spacial score (nSPS) is 13.1. The van der Waals surface area contributed by atoms with E-state index in [9.17, 15) is 0 Å². The predicted molar refractivity (Wildman–Crippen MR) is 138 cm³/mol. The summed E-state index contributed by atoms with van der Waals surface area (Å²) in [5, 5.41) is 5.23. The van der Waals surface area contributed by atoms with Gasteiger partial charge in [0.05, 0.1) is 18.5 Å². The van der Waals surface area contributed by atoms with E-state index < -0.39 is 5.54 Å². The molecule has 0 amide bonds. The quantitative estimate of drug-likeness (QED) is 0.260. The van der Waals surface area contributed by atoms with E-state index >= 15 is 0 Å². The number of aryl methyl sites for hydroxylation is 1. The van der Waals surface area contributed by atoms with Crippen LogP contribution in [0.25, 0.3) is 0 Å². The molecule has 0 spiro atoms. The fourth-order valence-corrected chi connectivity index (χ4v) is 4.89. The van der Waals surface area contributed by atoms with Crippen molar-refractivity contribution < 1.29 is 0 Å². The molecule has 0 saturated carbocycles. The van der Waals surface area contributed by atoms with Gasteiger partial charge in [-0.15, -0.1) is 0 Å². The Bertz CT molecular complexity index is 1160. The van der Waals surface area contributed by atoms with Crippen molar-refractivity contribution in [3.8, 4) is 0 Å². The molecule has 1 heterocycles. The highest BCUT2D eigenvalue weighted by molar-refractivity contribution is 6.35. The second kappa shape index (κ2) is 11.0. The monoisotopic (exact) mass is 477 g/mol. The lowest BCUT2D eigenvalue weighted by molar-refractivity contribution is 0.353. The number of nitrogens with zero attached hydrogens (tertiary/aromatic N) is 2. The third-order valence-corrected chi connectivity index (χ3v) is 6.72. The SMILES string of the molecule is CCCCc1ccccc1C(Cc1ccc(Cl)cc1Cl)(NCn1ccnc1)c1ccccc1. The number of unbranched alkanes of at least 4 members (excludes halogenated alkanes) is 1. The lowest BCUT2D eigenvalue weighted by atomic mass is 9.75. The number of nitrogens with one attached hydrogen (secondary N) is 1. The molecule has 0 aliphatic heterocycles. The highest BCUT2D eigenvalue weighted by atomic mass is 35.5. The van der Waals surface area contributed by atoms with Gasteiger partial charge in [0.1, 0.15) is 0 Å². The fourth-order valence-electron chi connectivity index (χ4n) is 4.41. The van der Waals surface area contributed by atoms with E-state index in [2.05, 4.69) is 76.4 Å². The molecule has 1 atom stereocenters. The summed E-state index contributed by atoms with van der Waals surface area (Å²) in [4.78, 5) is 4.22. The molecule has 4 aromatic rings. The molecule has 33 heavy (non-hydrogen) atoms. The first kappa shape index (κ1) is 23.6. The van der Waals surface area contributed by atoms with Crippen LogP contribution in [0, 0.1) is 0 Å². The molecule has 4 rings (SSSR count). The Labute approximate surface area is 206 Å². The van der Waals surface area contributed by atoms with Crippen molar-refractivity contribution in [3.05, 3.63) is 124 Å². The van der Waals surface area contributed by atoms with Crippen LogP contribution in [0.15, 0.2) is 91.5 Å². The van der Waals surface area contributed by atoms with Crippen LogP contribution in [-0.4, -0.2) is 9.55 Å². The first-order chi connectivity index (χ1) is 16.1. The van der Waals surface area contributed by atoms with Gasteiger partial charge in [0.25, 0.3) is 0 Å². The molecule has 0 fully saturated rings. The molecule has 3 aromatic carbocycles. The van der Waals surface area contributed by atoms with Crippen LogP contribution in [0.2, 0.25) is 10.0 Å². The van der Waals surface area contributed by atoms with Gasteiger partial charge in [-0.05, 0) is 47.2 Å². The zero-order valence-corrected chi connectivity index (χ0v) is 20.4. The Kier molecular flexibility index (Phi) is 7.87. The second-order valence-corrected chi connectivity index (χ2v) is 9.20. The fraction of sp³-hybridized carbons (Fsp3) is 0.250. The third kappa shape index (κ3) is 5.50. The van der Waals surface area contributed by atoms with Crippen LogP contribution in [0.3, 0.4) is 0 Å². The molecule has 0 saturated heterocycles. The van der Waals surface area contributed by atoms with Crippen LogP contribution in [0.1, 0.15) is 42.0 Å². The standard InChI is InChI=1S/C28H29Cl2N3/c1-2-3-9-22-10-7-8-13-26(22)28(24-11-5-4-6-12-24,32-21-33-17-16-31-20-33)19-23-14-15-25(29)18-27(23)30/h4-8,10-18,20,32H,2-3,9,19,21H2,1H3. The van der Waals surface area contributed by atoms with E-state index in [1.54, 1.807) is 6.20 Å². The van der Waals surface area contributed by atoms with Crippen molar-refractivity contribution in [3.63, 3.8) is 0 Å². The maximum atomic E-state index is 6.71. The van der Waals surface area contributed by atoms with E-state index in [0.717, 1.165) is 24.8 Å². The molecule has 1 N–H and O–H groups in total. The lowest BCUT2D eigenvalue weighted by Gasteiger charge is -2.38. The highest BCUT2D eigenvalue weighted by Crippen LogP contribution is 2.38.